The van der Waals surface area contributed by atoms with E-state index in [1.54, 1.807) is 0 Å². The molecule has 1 unspecified atom stereocenters. The fourth-order valence-electron chi connectivity index (χ4n) is 2.06. The van der Waals surface area contributed by atoms with E-state index in [1.165, 1.54) is 18.7 Å². The average molecular weight is 306 g/mol. The van der Waals surface area contributed by atoms with Gasteiger partial charge in [0.2, 0.25) is 11.8 Å². The summed E-state index contributed by atoms with van der Waals surface area (Å²) in [5.74, 6) is -1.50. The van der Waals surface area contributed by atoms with E-state index in [9.17, 15) is 14.4 Å². The fraction of sp³-hybridized carbons (Fsp3) is 0.438. The van der Waals surface area contributed by atoms with Crippen LogP contribution in [0.2, 0.25) is 0 Å². The summed E-state index contributed by atoms with van der Waals surface area (Å²) in [6.07, 6.45) is 0.796. The van der Waals surface area contributed by atoms with Gasteiger partial charge in [-0.3, -0.25) is 9.59 Å². The van der Waals surface area contributed by atoms with Crippen molar-refractivity contribution in [3.8, 4) is 0 Å². The Morgan fingerprint density at radius 2 is 1.86 bits per heavy atom. The first-order valence-corrected chi connectivity index (χ1v) is 7.22. The molecule has 0 fully saturated rings. The number of hydrogen-bond acceptors (Lipinski definition) is 3. The summed E-state index contributed by atoms with van der Waals surface area (Å²) in [7, 11) is 0. The number of nitrogens with zero attached hydrogens (tertiary/aromatic N) is 1. The van der Waals surface area contributed by atoms with Gasteiger partial charge in [0, 0.05) is 26.4 Å². The third-order valence-corrected chi connectivity index (χ3v) is 3.34. The zero-order chi connectivity index (χ0) is 16.5. The second kappa shape index (κ2) is 8.81. The third-order valence-electron chi connectivity index (χ3n) is 3.34. The van der Waals surface area contributed by atoms with Crippen molar-refractivity contribution >= 4 is 17.8 Å². The molecule has 22 heavy (non-hydrogen) atoms. The van der Waals surface area contributed by atoms with Gasteiger partial charge >= 0.3 is 5.97 Å². The molecule has 1 aromatic carbocycles. The van der Waals surface area contributed by atoms with Crippen LogP contribution in [0.25, 0.3) is 0 Å². The standard InChI is InChI=1S/C16H22N2O4/c1-12(16(21)22)18(11-10-17-13(2)19)15(20)9-8-14-6-4-3-5-7-14/h3-7,12H,8-11H2,1-2H3,(H,17,19)(H,21,22). The predicted molar refractivity (Wildman–Crippen MR) is 82.3 cm³/mol. The predicted octanol–water partition coefficient (Wildman–Crippen LogP) is 1.06. The Hall–Kier alpha value is -2.37. The van der Waals surface area contributed by atoms with E-state index >= 15 is 0 Å². The maximum atomic E-state index is 12.3. The summed E-state index contributed by atoms with van der Waals surface area (Å²) < 4.78 is 0. The van der Waals surface area contributed by atoms with Crippen molar-refractivity contribution in [2.75, 3.05) is 13.1 Å². The van der Waals surface area contributed by atoms with Crippen molar-refractivity contribution in [1.82, 2.24) is 10.2 Å². The van der Waals surface area contributed by atoms with E-state index in [1.807, 2.05) is 30.3 Å². The van der Waals surface area contributed by atoms with Crippen LogP contribution in [0, 0.1) is 0 Å². The molecule has 0 aromatic heterocycles. The van der Waals surface area contributed by atoms with Crippen molar-refractivity contribution in [2.45, 2.75) is 32.7 Å². The Morgan fingerprint density at radius 3 is 2.41 bits per heavy atom. The molecule has 1 rings (SSSR count). The molecule has 2 N–H and O–H groups in total. The van der Waals surface area contributed by atoms with Gasteiger partial charge in [0.15, 0.2) is 0 Å². The zero-order valence-corrected chi connectivity index (χ0v) is 12.9. The highest BCUT2D eigenvalue weighted by atomic mass is 16.4. The molecular formula is C16H22N2O4. The van der Waals surface area contributed by atoms with Crippen LogP contribution in [0.5, 0.6) is 0 Å². The molecule has 0 aliphatic rings. The Labute approximate surface area is 130 Å². The lowest BCUT2D eigenvalue weighted by molar-refractivity contribution is -0.149. The lowest BCUT2D eigenvalue weighted by Gasteiger charge is -2.26. The highest BCUT2D eigenvalue weighted by Gasteiger charge is 2.24. The molecule has 0 aliphatic heterocycles. The number of carbonyl (C=O) groups excluding carboxylic acids is 2. The van der Waals surface area contributed by atoms with Gasteiger partial charge in [-0.1, -0.05) is 30.3 Å². The number of benzene rings is 1. The topological polar surface area (TPSA) is 86.7 Å². The summed E-state index contributed by atoms with van der Waals surface area (Å²) in [5, 5.41) is 11.7. The molecule has 1 aromatic rings. The second-order valence-electron chi connectivity index (χ2n) is 5.07. The maximum Gasteiger partial charge on any atom is 0.326 e. The van der Waals surface area contributed by atoms with E-state index in [0.29, 0.717) is 6.42 Å². The van der Waals surface area contributed by atoms with Crippen molar-refractivity contribution in [1.29, 1.82) is 0 Å². The van der Waals surface area contributed by atoms with Crippen molar-refractivity contribution < 1.29 is 19.5 Å². The Bertz CT molecular complexity index is 516. The van der Waals surface area contributed by atoms with Crippen LogP contribution in [-0.4, -0.2) is 46.9 Å². The van der Waals surface area contributed by atoms with Gasteiger partial charge in [0.25, 0.3) is 0 Å². The molecule has 6 nitrogen and oxygen atoms in total. The highest BCUT2D eigenvalue weighted by Crippen LogP contribution is 2.07. The van der Waals surface area contributed by atoms with Gasteiger partial charge < -0.3 is 15.3 Å². The molecule has 0 bridgehead atoms. The van der Waals surface area contributed by atoms with Gasteiger partial charge in [-0.2, -0.15) is 0 Å². The minimum Gasteiger partial charge on any atom is -0.480 e. The Morgan fingerprint density at radius 1 is 1.23 bits per heavy atom. The molecule has 0 saturated heterocycles. The second-order valence-corrected chi connectivity index (χ2v) is 5.07. The monoisotopic (exact) mass is 306 g/mol. The molecule has 120 valence electrons. The molecule has 6 heteroatoms. The van der Waals surface area contributed by atoms with E-state index in [4.69, 9.17) is 5.11 Å². The average Bonchev–Trinajstić information content (AvgIpc) is 2.49. The number of hydrogen-bond donors (Lipinski definition) is 2. The largest absolute Gasteiger partial charge is 0.480 e. The molecule has 0 radical (unpaired) electrons. The maximum absolute atomic E-state index is 12.3. The van der Waals surface area contributed by atoms with Crippen LogP contribution in [0.15, 0.2) is 30.3 Å². The smallest absolute Gasteiger partial charge is 0.326 e. The normalized spacial score (nSPS) is 11.5. The Balaban J connectivity index is 2.62. The quantitative estimate of drug-likeness (QED) is 0.752. The van der Waals surface area contributed by atoms with Crippen LogP contribution in [-0.2, 0) is 20.8 Å². The van der Waals surface area contributed by atoms with Gasteiger partial charge in [-0.05, 0) is 18.9 Å². The summed E-state index contributed by atoms with van der Waals surface area (Å²) in [5.41, 5.74) is 1.03. The van der Waals surface area contributed by atoms with E-state index in [-0.39, 0.29) is 31.3 Å². The summed E-state index contributed by atoms with van der Waals surface area (Å²) >= 11 is 0. The SMILES string of the molecule is CC(=O)NCCN(C(=O)CCc1ccccc1)C(C)C(=O)O. The first kappa shape index (κ1) is 17.7. The number of rotatable bonds is 8. The van der Waals surface area contributed by atoms with E-state index in [2.05, 4.69) is 5.32 Å². The molecule has 2 amide bonds. The highest BCUT2D eigenvalue weighted by molar-refractivity contribution is 5.83. The number of nitrogens with one attached hydrogen (secondary N) is 1. The van der Waals surface area contributed by atoms with Gasteiger partial charge in [0.05, 0.1) is 0 Å². The van der Waals surface area contributed by atoms with Crippen molar-refractivity contribution in [3.05, 3.63) is 35.9 Å². The van der Waals surface area contributed by atoms with Crippen molar-refractivity contribution in [2.24, 2.45) is 0 Å². The molecule has 0 saturated carbocycles. The Kier molecular flexibility index (Phi) is 7.08. The first-order valence-electron chi connectivity index (χ1n) is 7.22. The fourth-order valence-corrected chi connectivity index (χ4v) is 2.06. The van der Waals surface area contributed by atoms with Crippen LogP contribution in [0.3, 0.4) is 0 Å². The number of carboxylic acids is 1. The summed E-state index contributed by atoms with van der Waals surface area (Å²) in [4.78, 5) is 35.6. The molecule has 0 spiro atoms. The number of carboxylic acid groups (broad SMARTS) is 1. The molecule has 0 heterocycles. The number of aliphatic carboxylic acids is 1. The van der Waals surface area contributed by atoms with Crippen LogP contribution in [0.4, 0.5) is 0 Å². The molecule has 0 aliphatic carbocycles. The first-order chi connectivity index (χ1) is 10.4. The number of aryl methyl sites for hydroxylation is 1. The van der Waals surface area contributed by atoms with Gasteiger partial charge in [0.1, 0.15) is 6.04 Å². The van der Waals surface area contributed by atoms with Gasteiger partial charge in [-0.15, -0.1) is 0 Å². The van der Waals surface area contributed by atoms with Crippen LogP contribution >= 0.6 is 0 Å². The van der Waals surface area contributed by atoms with Crippen LogP contribution in [0.1, 0.15) is 25.8 Å². The van der Waals surface area contributed by atoms with Gasteiger partial charge in [-0.25, -0.2) is 4.79 Å². The molecular weight excluding hydrogens is 284 g/mol. The number of amides is 2. The van der Waals surface area contributed by atoms with E-state index < -0.39 is 12.0 Å². The van der Waals surface area contributed by atoms with Crippen molar-refractivity contribution in [3.63, 3.8) is 0 Å². The van der Waals surface area contributed by atoms with E-state index in [0.717, 1.165) is 5.56 Å². The lowest BCUT2D eigenvalue weighted by atomic mass is 10.1. The lowest BCUT2D eigenvalue weighted by Crippen LogP contribution is -2.46. The summed E-state index contributed by atoms with van der Waals surface area (Å²) in [6, 6.07) is 8.63. The molecule has 1 atom stereocenters. The number of carbonyl (C=O) groups is 3. The van der Waals surface area contributed by atoms with Crippen LogP contribution < -0.4 is 5.32 Å². The minimum atomic E-state index is -1.06. The summed E-state index contributed by atoms with van der Waals surface area (Å²) in [6.45, 7) is 3.27. The minimum absolute atomic E-state index is 0.181. The third kappa shape index (κ3) is 5.95. The zero-order valence-electron chi connectivity index (χ0n) is 12.9.